The predicted molar refractivity (Wildman–Crippen MR) is 93.5 cm³/mol. The summed E-state index contributed by atoms with van der Waals surface area (Å²) in [5, 5.41) is 110. The van der Waals surface area contributed by atoms with Crippen LogP contribution in [0.4, 0.5) is 0 Å². The van der Waals surface area contributed by atoms with E-state index in [1.54, 1.807) is 0 Å². The van der Waals surface area contributed by atoms with E-state index in [9.17, 15) is 49.5 Å². The molecular formula is C15H21Ca2KO17. The zero-order valence-corrected chi connectivity index (χ0v) is 26.2. The van der Waals surface area contributed by atoms with E-state index in [1.807, 2.05) is 0 Å². The summed E-state index contributed by atoms with van der Waals surface area (Å²) in [6.45, 7) is 0.271. The van der Waals surface area contributed by atoms with Crippen LogP contribution in [0.5, 0.6) is 0 Å². The van der Waals surface area contributed by atoms with Crippen LogP contribution < -0.4 is 76.9 Å². The van der Waals surface area contributed by atoms with Crippen LogP contribution in [-0.2, 0) is 24.0 Å². The van der Waals surface area contributed by atoms with Crippen molar-refractivity contribution in [2.45, 2.75) is 55.9 Å². The third-order valence-electron chi connectivity index (χ3n) is 3.09. The quantitative estimate of drug-likeness (QED) is 0.109. The van der Waals surface area contributed by atoms with Crippen LogP contribution >= 0.6 is 0 Å². The van der Waals surface area contributed by atoms with E-state index in [0.717, 1.165) is 6.92 Å². The zero-order chi connectivity index (χ0) is 26.4. The molecule has 5 atom stereocenters. The Morgan fingerprint density at radius 3 is 1.23 bits per heavy atom. The van der Waals surface area contributed by atoms with Crippen molar-refractivity contribution >= 4 is 105 Å². The van der Waals surface area contributed by atoms with Crippen molar-refractivity contribution in [1.82, 2.24) is 0 Å². The fraction of sp³-hybridized carbons (Fsp3) is 0.667. The molecule has 0 aromatic heterocycles. The molecule has 0 aliphatic heterocycles. The molecule has 188 valence electrons. The minimum absolute atomic E-state index is 0. The molecule has 0 radical (unpaired) electrons. The fourth-order valence-corrected chi connectivity index (χ4v) is 1.35. The summed E-state index contributed by atoms with van der Waals surface area (Å²) in [4.78, 5) is 49.3. The first-order chi connectivity index (χ1) is 14.3. The second-order valence-corrected chi connectivity index (χ2v) is 5.91. The van der Waals surface area contributed by atoms with Crippen LogP contribution in [0, 0.1) is 0 Å². The van der Waals surface area contributed by atoms with Gasteiger partial charge in [-0.15, -0.1) is 0 Å². The maximum absolute atomic E-state index is 10.1. The average molecular weight is 593 g/mol. The molecule has 0 aromatic rings. The van der Waals surface area contributed by atoms with E-state index in [0.29, 0.717) is 0 Å². The summed E-state index contributed by atoms with van der Waals surface area (Å²) >= 11 is 0. The van der Waals surface area contributed by atoms with E-state index in [2.05, 4.69) is 0 Å². The molecule has 0 bridgehead atoms. The Morgan fingerprint density at radius 2 is 1.06 bits per heavy atom. The van der Waals surface area contributed by atoms with E-state index in [4.69, 9.17) is 35.7 Å². The molecule has 0 aliphatic rings. The molecule has 7 N–H and O–H groups in total. The average Bonchev–Trinajstić information content (AvgIpc) is 2.64. The van der Waals surface area contributed by atoms with Crippen molar-refractivity contribution in [3.8, 4) is 0 Å². The largest absolute Gasteiger partial charge is 2.00 e. The molecule has 0 aliphatic carbocycles. The van der Waals surface area contributed by atoms with Crippen molar-refractivity contribution in [2.24, 2.45) is 0 Å². The number of carbonyl (C=O) groups excluding carboxylic acids is 5. The van der Waals surface area contributed by atoms with Crippen molar-refractivity contribution in [1.29, 1.82) is 0 Å². The minimum atomic E-state index is -2.97. The van der Waals surface area contributed by atoms with Crippen LogP contribution in [0.1, 0.15) is 19.8 Å². The van der Waals surface area contributed by atoms with Crippen molar-refractivity contribution in [3.05, 3.63) is 0 Å². The van der Waals surface area contributed by atoms with Crippen LogP contribution in [0.3, 0.4) is 0 Å². The van der Waals surface area contributed by atoms with Gasteiger partial charge < -0.3 is 85.3 Å². The Balaban J connectivity index is -0.0000000916. The van der Waals surface area contributed by atoms with Gasteiger partial charge in [-0.2, -0.15) is 0 Å². The summed E-state index contributed by atoms with van der Waals surface area (Å²) in [5.41, 5.74) is -2.97. The third kappa shape index (κ3) is 25.3. The topological polar surface area (TPSA) is 342 Å². The van der Waals surface area contributed by atoms with Crippen molar-refractivity contribution in [3.63, 3.8) is 0 Å². The number of hydrogen-bond acceptors (Lipinski definition) is 17. The monoisotopic (exact) mass is 592 g/mol. The third-order valence-corrected chi connectivity index (χ3v) is 3.09. The van der Waals surface area contributed by atoms with E-state index < -0.39 is 85.4 Å². The molecule has 17 nitrogen and oxygen atoms in total. The molecule has 0 saturated carbocycles. The number of rotatable bonds is 11. The van der Waals surface area contributed by atoms with E-state index in [-0.39, 0.29) is 127 Å². The molecule has 0 rings (SSSR count). The molecule has 0 fully saturated rings. The van der Waals surface area contributed by atoms with Gasteiger partial charge in [0.05, 0.1) is 30.6 Å². The molecule has 0 amide bonds. The van der Waals surface area contributed by atoms with Gasteiger partial charge in [0.2, 0.25) is 0 Å². The Labute approximate surface area is 299 Å². The second-order valence-electron chi connectivity index (χ2n) is 5.91. The van der Waals surface area contributed by atoms with Crippen LogP contribution in [-0.4, -0.2) is 184 Å². The number of aliphatic hydroxyl groups excluding tert-OH is 6. The summed E-state index contributed by atoms with van der Waals surface area (Å²) in [5.74, 6) is -9.39. The first kappa shape index (κ1) is 49.2. The maximum Gasteiger partial charge on any atom is 2.00 e. The van der Waals surface area contributed by atoms with Gasteiger partial charge in [-0.3, -0.25) is 0 Å². The van der Waals surface area contributed by atoms with Gasteiger partial charge in [-0.25, -0.2) is 0 Å². The van der Waals surface area contributed by atoms with Gasteiger partial charge in [0.1, 0.15) is 30.0 Å². The van der Waals surface area contributed by atoms with Gasteiger partial charge in [-0.05, 0) is 6.92 Å². The van der Waals surface area contributed by atoms with E-state index >= 15 is 0 Å². The zero-order valence-electron chi connectivity index (χ0n) is 18.6. The molecule has 20 heteroatoms. The smallest absolute Gasteiger partial charge is 0.550 e. The second kappa shape index (κ2) is 25.5. The van der Waals surface area contributed by atoms with Crippen molar-refractivity contribution in [2.75, 3.05) is 6.61 Å². The van der Waals surface area contributed by atoms with Gasteiger partial charge >= 0.3 is 127 Å². The number of aliphatic hydroxyl groups is 7. The van der Waals surface area contributed by atoms with Gasteiger partial charge in [0.15, 0.2) is 0 Å². The summed E-state index contributed by atoms with van der Waals surface area (Å²) in [6, 6.07) is 0. The number of hydrogen-bond donors (Lipinski definition) is 7. The Bertz CT molecular complexity index is 631. The maximum atomic E-state index is 10.1. The summed E-state index contributed by atoms with van der Waals surface area (Å²) in [6.07, 6.45) is -12.1. The molecule has 0 aromatic carbocycles. The van der Waals surface area contributed by atoms with Crippen molar-refractivity contribution < 1.29 is 137 Å². The minimum Gasteiger partial charge on any atom is -0.550 e. The first-order valence-electron chi connectivity index (χ1n) is 8.10. The molecule has 0 heterocycles. The molecule has 35 heavy (non-hydrogen) atoms. The first-order valence-corrected chi connectivity index (χ1v) is 8.10. The molecular weight excluding hydrogens is 571 g/mol. The van der Waals surface area contributed by atoms with Gasteiger partial charge in [0.25, 0.3) is 0 Å². The summed E-state index contributed by atoms with van der Waals surface area (Å²) in [7, 11) is 0. The number of carboxylic acids is 5. The number of carboxylic acid groups (broad SMARTS) is 5. The Hall–Kier alpha value is 1.23. The van der Waals surface area contributed by atoms with Crippen LogP contribution in [0.2, 0.25) is 0 Å². The standard InChI is InChI=1S/C6H8O7.C6H12O7.C3H6O3.2Ca.K/c7-3(8)1-6(13,5(11)12)2-4(9)10;7-1-2(8)3(9)4(10)5(11)6(12)13;1-2(4)3(5)6;;;/h13H,1-2H2,(H,7,8)(H,9,10)(H,11,12);2-5,7-11H,1H2,(H,12,13);2,4H,1H3,(H,5,6);;;/q;;;2*+2;+1/p-5. The SMILES string of the molecule is CC(O)C(=O)[O-].O=C([O-])C(O)C(O)C(O)C(O)CO.O=C([O-])CC(O)(CC(=O)[O-])C(=O)[O-].[Ca+2].[Ca+2].[K+]. The fourth-order valence-electron chi connectivity index (χ4n) is 1.35. The molecule has 5 unspecified atom stereocenters. The van der Waals surface area contributed by atoms with Crippen LogP contribution in [0.25, 0.3) is 0 Å². The molecule has 0 saturated heterocycles. The normalized spacial score (nSPS) is 13.9. The predicted octanol–water partition coefficient (Wildman–Crippen LogP) is -15.7. The van der Waals surface area contributed by atoms with Gasteiger partial charge in [0, 0.05) is 24.8 Å². The van der Waals surface area contributed by atoms with E-state index in [1.165, 1.54) is 0 Å². The molecule has 0 spiro atoms. The van der Waals surface area contributed by atoms with Crippen LogP contribution in [0.15, 0.2) is 0 Å². The number of carbonyl (C=O) groups is 5. The number of aliphatic carboxylic acids is 5. The van der Waals surface area contributed by atoms with Gasteiger partial charge in [-0.1, -0.05) is 0 Å². The Kier molecular flexibility index (Phi) is 35.8. The Morgan fingerprint density at radius 1 is 0.743 bits per heavy atom. The summed E-state index contributed by atoms with van der Waals surface area (Å²) < 4.78 is 0.